The highest BCUT2D eigenvalue weighted by Gasteiger charge is 2.30. The third kappa shape index (κ3) is 2.70. The molecule has 1 saturated heterocycles. The fourth-order valence-electron chi connectivity index (χ4n) is 1.63. The molecule has 1 aliphatic rings. The molecule has 2 rings (SSSR count). The molecule has 0 saturated carbocycles. The lowest BCUT2D eigenvalue weighted by molar-refractivity contribution is -0.149. The third-order valence-electron chi connectivity index (χ3n) is 2.45. The second kappa shape index (κ2) is 4.94. The SMILES string of the molecule is O=C(O)C1CCC(COc2cccnc2)O1. The highest BCUT2D eigenvalue weighted by Crippen LogP contribution is 2.20. The number of carboxylic acid groups (broad SMARTS) is 1. The summed E-state index contributed by atoms with van der Waals surface area (Å²) in [5.41, 5.74) is 0. The number of aliphatic carboxylic acids is 1. The summed E-state index contributed by atoms with van der Waals surface area (Å²) in [5.74, 6) is -0.228. The molecule has 1 N–H and O–H groups in total. The lowest BCUT2D eigenvalue weighted by Crippen LogP contribution is -2.23. The average molecular weight is 223 g/mol. The van der Waals surface area contributed by atoms with E-state index in [1.165, 1.54) is 0 Å². The third-order valence-corrected chi connectivity index (χ3v) is 2.45. The van der Waals surface area contributed by atoms with E-state index in [4.69, 9.17) is 14.6 Å². The van der Waals surface area contributed by atoms with E-state index in [-0.39, 0.29) is 6.10 Å². The summed E-state index contributed by atoms with van der Waals surface area (Å²) in [5, 5.41) is 8.74. The average Bonchev–Trinajstić information content (AvgIpc) is 2.76. The van der Waals surface area contributed by atoms with Crippen LogP contribution in [0.2, 0.25) is 0 Å². The van der Waals surface area contributed by atoms with Gasteiger partial charge in [-0.15, -0.1) is 0 Å². The number of aromatic nitrogens is 1. The Kier molecular flexibility index (Phi) is 3.36. The van der Waals surface area contributed by atoms with Crippen molar-refractivity contribution < 1.29 is 19.4 Å². The second-order valence-electron chi connectivity index (χ2n) is 3.66. The summed E-state index contributed by atoms with van der Waals surface area (Å²) in [4.78, 5) is 14.6. The van der Waals surface area contributed by atoms with Crippen molar-refractivity contribution in [3.63, 3.8) is 0 Å². The fraction of sp³-hybridized carbons (Fsp3) is 0.455. The first-order valence-corrected chi connectivity index (χ1v) is 5.17. The summed E-state index contributed by atoms with van der Waals surface area (Å²) >= 11 is 0. The molecule has 0 radical (unpaired) electrons. The quantitative estimate of drug-likeness (QED) is 0.827. The lowest BCUT2D eigenvalue weighted by Gasteiger charge is -2.12. The summed E-state index contributed by atoms with van der Waals surface area (Å²) in [7, 11) is 0. The monoisotopic (exact) mass is 223 g/mol. The maximum Gasteiger partial charge on any atom is 0.332 e. The van der Waals surface area contributed by atoms with E-state index in [1.807, 2.05) is 0 Å². The van der Waals surface area contributed by atoms with Gasteiger partial charge in [-0.05, 0) is 25.0 Å². The summed E-state index contributed by atoms with van der Waals surface area (Å²) in [6.45, 7) is 0.371. The molecule has 0 aliphatic carbocycles. The van der Waals surface area contributed by atoms with Crippen molar-refractivity contribution in [2.24, 2.45) is 0 Å². The molecule has 1 aromatic heterocycles. The minimum Gasteiger partial charge on any atom is -0.489 e. The minimum absolute atomic E-state index is 0.138. The molecule has 86 valence electrons. The molecule has 0 aromatic carbocycles. The summed E-state index contributed by atoms with van der Waals surface area (Å²) < 4.78 is 10.7. The molecule has 16 heavy (non-hydrogen) atoms. The number of hydrogen-bond donors (Lipinski definition) is 1. The van der Waals surface area contributed by atoms with Crippen LogP contribution < -0.4 is 4.74 Å². The Balaban J connectivity index is 1.78. The van der Waals surface area contributed by atoms with Gasteiger partial charge in [0.2, 0.25) is 0 Å². The van der Waals surface area contributed by atoms with Crippen molar-refractivity contribution in [1.29, 1.82) is 0 Å². The van der Waals surface area contributed by atoms with Crippen LogP contribution in [-0.4, -0.2) is 34.9 Å². The molecular formula is C11H13NO4. The van der Waals surface area contributed by atoms with E-state index in [1.54, 1.807) is 24.5 Å². The van der Waals surface area contributed by atoms with Crippen LogP contribution in [0.4, 0.5) is 0 Å². The Morgan fingerprint density at radius 2 is 2.50 bits per heavy atom. The second-order valence-corrected chi connectivity index (χ2v) is 3.66. The number of rotatable bonds is 4. The zero-order chi connectivity index (χ0) is 11.4. The van der Waals surface area contributed by atoms with Crippen molar-refractivity contribution >= 4 is 5.97 Å². The zero-order valence-electron chi connectivity index (χ0n) is 8.70. The van der Waals surface area contributed by atoms with Crippen molar-refractivity contribution in [2.45, 2.75) is 25.0 Å². The maximum atomic E-state index is 10.6. The first-order chi connectivity index (χ1) is 7.75. The van der Waals surface area contributed by atoms with Gasteiger partial charge in [0, 0.05) is 6.20 Å². The maximum absolute atomic E-state index is 10.6. The predicted octanol–water partition coefficient (Wildman–Crippen LogP) is 1.09. The Morgan fingerprint density at radius 3 is 3.12 bits per heavy atom. The lowest BCUT2D eigenvalue weighted by atomic mass is 10.2. The van der Waals surface area contributed by atoms with Gasteiger partial charge < -0.3 is 14.6 Å². The van der Waals surface area contributed by atoms with E-state index in [0.29, 0.717) is 18.8 Å². The van der Waals surface area contributed by atoms with E-state index < -0.39 is 12.1 Å². The van der Waals surface area contributed by atoms with Gasteiger partial charge in [-0.1, -0.05) is 0 Å². The molecule has 0 bridgehead atoms. The van der Waals surface area contributed by atoms with Gasteiger partial charge in [0.05, 0.1) is 12.3 Å². The van der Waals surface area contributed by atoms with Crippen LogP contribution in [0.15, 0.2) is 24.5 Å². The highest BCUT2D eigenvalue weighted by molar-refractivity contribution is 5.72. The summed E-state index contributed by atoms with van der Waals surface area (Å²) in [6.07, 6.45) is 3.74. The van der Waals surface area contributed by atoms with E-state index in [2.05, 4.69) is 4.98 Å². The van der Waals surface area contributed by atoms with Crippen LogP contribution >= 0.6 is 0 Å². The highest BCUT2D eigenvalue weighted by atomic mass is 16.6. The van der Waals surface area contributed by atoms with Crippen LogP contribution in [0, 0.1) is 0 Å². The molecule has 2 heterocycles. The number of nitrogens with zero attached hydrogens (tertiary/aromatic N) is 1. The topological polar surface area (TPSA) is 68.7 Å². The minimum atomic E-state index is -0.899. The van der Waals surface area contributed by atoms with Crippen molar-refractivity contribution in [3.05, 3.63) is 24.5 Å². The molecule has 0 amide bonds. The van der Waals surface area contributed by atoms with Crippen LogP contribution in [0.3, 0.4) is 0 Å². The first kappa shape index (κ1) is 10.9. The molecule has 1 aromatic rings. The Hall–Kier alpha value is -1.62. The fourth-order valence-corrected chi connectivity index (χ4v) is 1.63. The Bertz CT molecular complexity index is 354. The van der Waals surface area contributed by atoms with Gasteiger partial charge >= 0.3 is 5.97 Å². The van der Waals surface area contributed by atoms with Crippen molar-refractivity contribution in [1.82, 2.24) is 4.98 Å². The first-order valence-electron chi connectivity index (χ1n) is 5.17. The van der Waals surface area contributed by atoms with Gasteiger partial charge in [0.15, 0.2) is 6.10 Å². The van der Waals surface area contributed by atoms with Crippen LogP contribution in [0.5, 0.6) is 5.75 Å². The number of carboxylic acids is 1. The van der Waals surface area contributed by atoms with Gasteiger partial charge in [0.25, 0.3) is 0 Å². The largest absolute Gasteiger partial charge is 0.489 e. The van der Waals surface area contributed by atoms with Crippen LogP contribution in [0.25, 0.3) is 0 Å². The van der Waals surface area contributed by atoms with Crippen molar-refractivity contribution in [3.8, 4) is 5.75 Å². The molecular weight excluding hydrogens is 210 g/mol. The van der Waals surface area contributed by atoms with Crippen LogP contribution in [-0.2, 0) is 9.53 Å². The van der Waals surface area contributed by atoms with Gasteiger partial charge in [-0.3, -0.25) is 4.98 Å². The molecule has 0 spiro atoms. The summed E-state index contributed by atoms with van der Waals surface area (Å²) in [6, 6.07) is 3.58. The normalized spacial score (nSPS) is 24.2. The van der Waals surface area contributed by atoms with Crippen molar-refractivity contribution in [2.75, 3.05) is 6.61 Å². The molecule has 2 atom stereocenters. The molecule has 2 unspecified atom stereocenters. The molecule has 5 nitrogen and oxygen atoms in total. The van der Waals surface area contributed by atoms with E-state index in [0.717, 1.165) is 6.42 Å². The van der Waals surface area contributed by atoms with E-state index >= 15 is 0 Å². The molecule has 5 heteroatoms. The number of pyridine rings is 1. The Labute approximate surface area is 93.0 Å². The zero-order valence-corrected chi connectivity index (χ0v) is 8.70. The van der Waals surface area contributed by atoms with Gasteiger partial charge in [-0.2, -0.15) is 0 Å². The van der Waals surface area contributed by atoms with Gasteiger partial charge in [-0.25, -0.2) is 4.79 Å². The predicted molar refractivity (Wildman–Crippen MR) is 55.3 cm³/mol. The molecule has 1 fully saturated rings. The smallest absolute Gasteiger partial charge is 0.332 e. The van der Waals surface area contributed by atoms with Crippen LogP contribution in [0.1, 0.15) is 12.8 Å². The van der Waals surface area contributed by atoms with Gasteiger partial charge in [0.1, 0.15) is 12.4 Å². The number of carbonyl (C=O) groups is 1. The number of ether oxygens (including phenoxy) is 2. The Morgan fingerprint density at radius 1 is 1.62 bits per heavy atom. The van der Waals surface area contributed by atoms with E-state index in [9.17, 15) is 4.79 Å². The molecule has 1 aliphatic heterocycles. The standard InChI is InChI=1S/C11H13NO4/c13-11(14)10-4-3-9(16-10)7-15-8-2-1-5-12-6-8/h1-2,5-6,9-10H,3-4,7H2,(H,13,14). The number of hydrogen-bond acceptors (Lipinski definition) is 4.